The predicted molar refractivity (Wildman–Crippen MR) is 190 cm³/mol. The van der Waals surface area contributed by atoms with Crippen LogP contribution in [-0.2, 0) is 19.1 Å². The molecule has 1 aliphatic heterocycles. The molecule has 2 unspecified atom stereocenters. The molecule has 5 fully saturated rings. The quantitative estimate of drug-likeness (QED) is 0.260. The van der Waals surface area contributed by atoms with Gasteiger partial charge >= 0.3 is 11.9 Å². The number of rotatable bonds is 8. The van der Waals surface area contributed by atoms with Crippen LogP contribution in [0.15, 0.2) is 11.1 Å². The fourth-order valence-corrected chi connectivity index (χ4v) is 13.4. The lowest BCUT2D eigenvalue weighted by atomic mass is 9.33. The van der Waals surface area contributed by atoms with Gasteiger partial charge in [-0.2, -0.15) is 0 Å². The Morgan fingerprint density at radius 2 is 1.58 bits per heavy atom. The lowest BCUT2D eigenvalue weighted by Gasteiger charge is -2.72. The summed E-state index contributed by atoms with van der Waals surface area (Å²) in [6.07, 6.45) is 14.5. The van der Waals surface area contributed by atoms with Gasteiger partial charge in [0.05, 0.1) is 11.8 Å². The second kappa shape index (κ2) is 12.2. The molecule has 48 heavy (non-hydrogen) atoms. The van der Waals surface area contributed by atoms with Gasteiger partial charge in [-0.15, -0.1) is 0 Å². The maximum absolute atomic E-state index is 14.0. The molecule has 0 spiro atoms. The summed E-state index contributed by atoms with van der Waals surface area (Å²) >= 11 is 0. The van der Waals surface area contributed by atoms with Gasteiger partial charge < -0.3 is 14.7 Å². The molecule has 5 aliphatic carbocycles. The third kappa shape index (κ3) is 5.47. The van der Waals surface area contributed by atoms with Crippen LogP contribution in [0.4, 0.5) is 0 Å². The Kier molecular flexibility index (Phi) is 9.20. The molecule has 6 heteroatoms. The summed E-state index contributed by atoms with van der Waals surface area (Å²) in [5.41, 5.74) is 2.06. The highest BCUT2D eigenvalue weighted by Crippen LogP contribution is 2.77. The van der Waals surface area contributed by atoms with Crippen molar-refractivity contribution in [2.45, 2.75) is 158 Å². The second-order valence-corrected chi connectivity index (χ2v) is 19.8. The van der Waals surface area contributed by atoms with E-state index in [0.29, 0.717) is 23.5 Å². The molecule has 6 rings (SSSR count). The number of fused-ring (bicyclic) bond motifs is 7. The largest absolute Gasteiger partial charge is 0.481 e. The predicted octanol–water partition coefficient (Wildman–Crippen LogP) is 9.26. The van der Waals surface area contributed by atoms with Crippen LogP contribution in [0.3, 0.4) is 0 Å². The molecule has 0 amide bonds. The smallest absolute Gasteiger partial charge is 0.309 e. The molecule has 1 N–H and O–H groups in total. The van der Waals surface area contributed by atoms with E-state index in [1.165, 1.54) is 63.6 Å². The molecule has 1 heterocycles. The maximum Gasteiger partial charge on any atom is 0.309 e. The van der Waals surface area contributed by atoms with Gasteiger partial charge in [-0.1, -0.05) is 60.5 Å². The summed E-state index contributed by atoms with van der Waals surface area (Å²) in [4.78, 5) is 41.4. The summed E-state index contributed by atoms with van der Waals surface area (Å²) in [5.74, 6) is 0.897. The number of Topliss-reactive ketones (excluding diaryl/α,β-unsaturated/α-hetero) is 1. The summed E-state index contributed by atoms with van der Waals surface area (Å²) in [6.45, 7) is 23.8. The van der Waals surface area contributed by atoms with Crippen LogP contribution in [0.1, 0.15) is 152 Å². The minimum atomic E-state index is -1.13. The van der Waals surface area contributed by atoms with Crippen LogP contribution >= 0.6 is 0 Å². The number of likely N-dealkylation sites (tertiary alicyclic amines) is 1. The van der Waals surface area contributed by atoms with Gasteiger partial charge in [0.2, 0.25) is 0 Å². The molecule has 270 valence electrons. The number of hydrogen-bond donors (Lipinski definition) is 1. The number of hydrogen-bond acceptors (Lipinski definition) is 5. The molecule has 4 saturated carbocycles. The van der Waals surface area contributed by atoms with Gasteiger partial charge in [0.15, 0.2) is 5.78 Å². The summed E-state index contributed by atoms with van der Waals surface area (Å²) < 4.78 is 6.18. The highest BCUT2D eigenvalue weighted by atomic mass is 16.5. The molecule has 1 saturated heterocycles. The number of nitrogens with zero attached hydrogens (tertiary/aromatic N) is 1. The Bertz CT molecular complexity index is 1340. The molecule has 0 aromatic heterocycles. The normalized spacial score (nSPS) is 41.3. The highest BCUT2D eigenvalue weighted by Gasteiger charge is 2.70. The topological polar surface area (TPSA) is 83.9 Å². The Morgan fingerprint density at radius 3 is 2.23 bits per heavy atom. The van der Waals surface area contributed by atoms with E-state index in [-0.39, 0.29) is 51.5 Å². The minimum absolute atomic E-state index is 0.0573. The number of aliphatic carboxylic acids is 1. The van der Waals surface area contributed by atoms with Gasteiger partial charge in [-0.05, 0) is 150 Å². The van der Waals surface area contributed by atoms with Gasteiger partial charge in [0.1, 0.15) is 6.10 Å². The number of esters is 1. The molecule has 0 radical (unpaired) electrons. The average molecular weight is 666 g/mol. The fraction of sp³-hybridized carbons (Fsp3) is 0.881. The Balaban J connectivity index is 1.27. The van der Waals surface area contributed by atoms with Crippen LogP contribution in [-0.4, -0.2) is 53.5 Å². The van der Waals surface area contributed by atoms with Crippen molar-refractivity contribution in [3.05, 3.63) is 11.1 Å². The first kappa shape index (κ1) is 36.1. The number of piperidine rings is 1. The number of carboxylic acids is 1. The summed E-state index contributed by atoms with van der Waals surface area (Å²) in [5, 5.41) is 9.59. The SMILES string of the molecule is CC(C)C1=C2[C@H]3CCC4[C@@]5(C)CC[C@H](OC(=O)CC(C)(C)C(=O)O)C(C)(C)C5CC[C@@]4(C)[C@]3(C)CC[C@@]2(CCN2CCCCC2)CC1=O. The van der Waals surface area contributed by atoms with Gasteiger partial charge in [-0.25, -0.2) is 0 Å². The van der Waals surface area contributed by atoms with Gasteiger partial charge in [-0.3, -0.25) is 14.4 Å². The zero-order valence-electron chi connectivity index (χ0n) is 31.9. The molecular weight excluding hydrogens is 598 g/mol. The van der Waals surface area contributed by atoms with E-state index in [0.717, 1.165) is 45.1 Å². The molecule has 0 aromatic carbocycles. The molecule has 8 atom stereocenters. The first-order chi connectivity index (χ1) is 22.3. The monoisotopic (exact) mass is 666 g/mol. The molecule has 6 aliphatic rings. The average Bonchev–Trinajstić information content (AvgIpc) is 3.30. The Hall–Kier alpha value is -1.69. The van der Waals surface area contributed by atoms with E-state index in [1.807, 2.05) is 0 Å². The Labute approximate surface area is 291 Å². The van der Waals surface area contributed by atoms with Crippen molar-refractivity contribution >= 4 is 17.7 Å². The third-order valence-corrected chi connectivity index (χ3v) is 16.3. The molecule has 6 nitrogen and oxygen atoms in total. The number of carbonyl (C=O) groups is 3. The van der Waals surface area contributed by atoms with Crippen molar-refractivity contribution in [3.8, 4) is 0 Å². The molecular formula is C42H67NO5. The molecule has 0 aromatic rings. The van der Waals surface area contributed by atoms with Crippen LogP contribution < -0.4 is 0 Å². The van der Waals surface area contributed by atoms with Gasteiger partial charge in [0.25, 0.3) is 0 Å². The summed E-state index contributed by atoms with van der Waals surface area (Å²) in [6, 6.07) is 0. The van der Waals surface area contributed by atoms with E-state index in [2.05, 4.69) is 53.4 Å². The van der Waals surface area contributed by atoms with Crippen LogP contribution in [0.5, 0.6) is 0 Å². The highest BCUT2D eigenvalue weighted by molar-refractivity contribution is 6.00. The first-order valence-electron chi connectivity index (χ1n) is 19.8. The first-order valence-corrected chi connectivity index (χ1v) is 19.8. The Morgan fingerprint density at radius 1 is 0.896 bits per heavy atom. The van der Waals surface area contributed by atoms with E-state index < -0.39 is 11.4 Å². The van der Waals surface area contributed by atoms with Crippen LogP contribution in [0.25, 0.3) is 0 Å². The lowest BCUT2D eigenvalue weighted by Crippen LogP contribution is -2.65. The van der Waals surface area contributed by atoms with Crippen molar-refractivity contribution in [3.63, 3.8) is 0 Å². The zero-order chi connectivity index (χ0) is 35.1. The van der Waals surface area contributed by atoms with E-state index >= 15 is 0 Å². The number of ether oxygens (including phenoxy) is 1. The van der Waals surface area contributed by atoms with E-state index in [9.17, 15) is 19.5 Å². The number of carbonyl (C=O) groups excluding carboxylic acids is 2. The maximum atomic E-state index is 14.0. The van der Waals surface area contributed by atoms with Crippen LogP contribution in [0.2, 0.25) is 0 Å². The fourth-order valence-electron chi connectivity index (χ4n) is 13.4. The lowest BCUT2D eigenvalue weighted by molar-refractivity contribution is -0.233. The van der Waals surface area contributed by atoms with Crippen molar-refractivity contribution < 1.29 is 24.2 Å². The third-order valence-electron chi connectivity index (χ3n) is 16.3. The number of carboxylic acid groups (broad SMARTS) is 1. The van der Waals surface area contributed by atoms with Crippen molar-refractivity contribution in [2.24, 2.45) is 56.2 Å². The van der Waals surface area contributed by atoms with Crippen molar-refractivity contribution in [1.82, 2.24) is 4.90 Å². The van der Waals surface area contributed by atoms with Gasteiger partial charge in [0, 0.05) is 17.3 Å². The zero-order valence-corrected chi connectivity index (χ0v) is 31.9. The van der Waals surface area contributed by atoms with Crippen molar-refractivity contribution in [2.75, 3.05) is 19.6 Å². The minimum Gasteiger partial charge on any atom is -0.481 e. The standard InChI is InChI=1S/C42H67NO5/c1-27(2)34-29(44)25-42(21-24-43-22-11-10-12-23-43)20-19-40(8)28(35(34)42)13-14-31-39(7)17-16-32(48-33(45)26-37(3,4)36(46)47)38(5,6)30(39)15-18-41(31,40)9/h27-28,30-32H,10-26H2,1-9H3,(H,46,47)/t28-,30?,31?,32+,39+,40-,41-,42-/m1/s1. The van der Waals surface area contributed by atoms with E-state index in [1.54, 1.807) is 19.4 Å². The second-order valence-electron chi connectivity index (χ2n) is 19.8. The van der Waals surface area contributed by atoms with E-state index in [4.69, 9.17) is 4.74 Å². The number of allylic oxidation sites excluding steroid dienone is 2. The van der Waals surface area contributed by atoms with Crippen molar-refractivity contribution in [1.29, 1.82) is 0 Å². The van der Waals surface area contributed by atoms with Crippen LogP contribution in [0, 0.1) is 56.2 Å². The summed E-state index contributed by atoms with van der Waals surface area (Å²) in [7, 11) is 0. The number of ketones is 1. The molecule has 0 bridgehead atoms.